The van der Waals surface area contributed by atoms with Gasteiger partial charge in [0.2, 0.25) is 0 Å². The Morgan fingerprint density at radius 2 is 2.62 bits per heavy atom. The van der Waals surface area contributed by atoms with Gasteiger partial charge in [-0.25, -0.2) is 9.79 Å². The summed E-state index contributed by atoms with van der Waals surface area (Å²) in [5.41, 5.74) is 0.125. The van der Waals surface area contributed by atoms with Gasteiger partial charge >= 0.3 is 0 Å². The van der Waals surface area contributed by atoms with Crippen LogP contribution in [-0.2, 0) is 4.79 Å². The predicted molar refractivity (Wildman–Crippen MR) is 32.4 cm³/mol. The molecule has 0 aliphatic carbocycles. The highest BCUT2D eigenvalue weighted by Gasteiger charge is 2.07. The van der Waals surface area contributed by atoms with Gasteiger partial charge in [0.1, 0.15) is 4.99 Å². The zero-order valence-electron chi connectivity index (χ0n) is 3.76. The van der Waals surface area contributed by atoms with Crippen LogP contribution in [0.3, 0.4) is 0 Å². The molecule has 4 heteroatoms. The van der Waals surface area contributed by atoms with E-state index in [1.807, 2.05) is 0 Å². The molecule has 0 fully saturated rings. The number of hydrogen-bond acceptors (Lipinski definition) is 3. The van der Waals surface area contributed by atoms with Gasteiger partial charge in [-0.2, -0.15) is 0 Å². The number of hydrogen-bond donors (Lipinski definition) is 1. The lowest BCUT2D eigenvalue weighted by molar-refractivity contribution is 0.568. The van der Waals surface area contributed by atoms with Gasteiger partial charge in [-0.3, -0.25) is 0 Å². The second-order valence-electron chi connectivity index (χ2n) is 1.13. The van der Waals surface area contributed by atoms with Crippen LogP contribution >= 0.6 is 12.2 Å². The quantitative estimate of drug-likeness (QED) is 0.270. The zero-order valence-corrected chi connectivity index (χ0v) is 4.58. The molecule has 1 N–H and O–H groups in total. The van der Waals surface area contributed by atoms with Crippen LogP contribution in [0.4, 0.5) is 0 Å². The van der Waals surface area contributed by atoms with Gasteiger partial charge in [0, 0.05) is 0 Å². The van der Waals surface area contributed by atoms with Crippen molar-refractivity contribution in [3.63, 3.8) is 0 Å². The zero-order chi connectivity index (χ0) is 5.98. The average molecular weight is 125 g/mol. The molecule has 0 aromatic rings. The monoisotopic (exact) mass is 125 g/mol. The molecule has 0 amide bonds. The molecule has 0 aromatic heterocycles. The van der Waals surface area contributed by atoms with Crippen molar-refractivity contribution < 1.29 is 4.79 Å². The Morgan fingerprint density at radius 3 is 2.88 bits per heavy atom. The van der Waals surface area contributed by atoms with E-state index in [9.17, 15) is 4.79 Å². The molecule has 39 valence electrons. The molecular weight excluding hydrogens is 124 g/mol. The fourth-order valence-corrected chi connectivity index (χ4v) is 0.447. The highest BCUT2D eigenvalue weighted by molar-refractivity contribution is 7.80. The molecule has 3 nitrogen and oxygen atoms in total. The molecule has 1 heterocycles. The third-order valence-corrected chi connectivity index (χ3v) is 0.944. The highest BCUT2D eigenvalue weighted by Crippen LogP contribution is 1.95. The maximum Gasteiger partial charge on any atom is 0.184 e. The van der Waals surface area contributed by atoms with Crippen molar-refractivity contribution in [2.75, 3.05) is 0 Å². The summed E-state index contributed by atoms with van der Waals surface area (Å²) in [6.45, 7) is 0. The number of nitrogens with one attached hydrogen (secondary N) is 1. The standard InChI is InChI=1S/C4HN2OS/c7-1-3-4(8)6-2-5-3/h(H,5,6,8). The van der Waals surface area contributed by atoms with Crippen LogP contribution in [0.1, 0.15) is 0 Å². The maximum absolute atomic E-state index is 9.79. The molecule has 0 spiro atoms. The summed E-state index contributed by atoms with van der Waals surface area (Å²) in [7, 11) is 0. The number of rotatable bonds is 0. The third kappa shape index (κ3) is 0.665. The van der Waals surface area contributed by atoms with Crippen LogP contribution in [-0.4, -0.2) is 17.3 Å². The average Bonchev–Trinajstić information content (AvgIpc) is 2.14. The first-order valence-corrected chi connectivity index (χ1v) is 2.26. The van der Waals surface area contributed by atoms with Crippen LogP contribution < -0.4 is 5.32 Å². The molecule has 1 radical (unpaired) electrons. The Morgan fingerprint density at radius 1 is 1.88 bits per heavy atom. The summed E-state index contributed by atoms with van der Waals surface area (Å²) in [6, 6.07) is 0. The number of aliphatic imine (C=N–C) groups is 1. The predicted octanol–water partition coefficient (Wildman–Crippen LogP) is -0.462. The number of thiocarbonyl (C=S) groups is 1. The van der Waals surface area contributed by atoms with Crippen molar-refractivity contribution in [2.45, 2.75) is 0 Å². The van der Waals surface area contributed by atoms with Crippen molar-refractivity contribution >= 4 is 29.5 Å². The largest absolute Gasteiger partial charge is 0.326 e. The fourth-order valence-electron chi connectivity index (χ4n) is 0.314. The molecule has 0 saturated heterocycles. The van der Waals surface area contributed by atoms with E-state index < -0.39 is 0 Å². The topological polar surface area (TPSA) is 41.5 Å². The Bertz CT molecular complexity index is 202. The molecule has 0 atom stereocenters. The van der Waals surface area contributed by atoms with Gasteiger partial charge < -0.3 is 5.32 Å². The summed E-state index contributed by atoms with van der Waals surface area (Å²) in [5.74, 6) is 1.55. The molecule has 0 saturated carbocycles. The molecule has 1 aliphatic heterocycles. The molecule has 0 unspecified atom stereocenters. The van der Waals surface area contributed by atoms with Crippen molar-refractivity contribution in [3.05, 3.63) is 5.70 Å². The smallest absolute Gasteiger partial charge is 0.184 e. The number of nitrogens with zero attached hydrogens (tertiary/aromatic N) is 1. The van der Waals surface area contributed by atoms with Gasteiger partial charge in [-0.1, -0.05) is 12.2 Å². The Balaban J connectivity index is 2.99. The summed E-state index contributed by atoms with van der Waals surface area (Å²) < 4.78 is 0. The lowest BCUT2D eigenvalue weighted by Crippen LogP contribution is -2.12. The van der Waals surface area contributed by atoms with Crippen molar-refractivity contribution in [3.8, 4) is 0 Å². The van der Waals surface area contributed by atoms with Gasteiger partial charge in [0.05, 0.1) is 0 Å². The van der Waals surface area contributed by atoms with Crippen molar-refractivity contribution in [1.82, 2.24) is 5.32 Å². The van der Waals surface area contributed by atoms with Gasteiger partial charge in [-0.05, 0) is 0 Å². The van der Waals surface area contributed by atoms with Crippen molar-refractivity contribution in [2.24, 2.45) is 4.99 Å². The lowest BCUT2D eigenvalue weighted by atomic mass is 10.5. The first-order chi connectivity index (χ1) is 3.84. The lowest BCUT2D eigenvalue weighted by Gasteiger charge is -1.82. The van der Waals surface area contributed by atoms with Crippen LogP contribution in [0.15, 0.2) is 10.7 Å². The van der Waals surface area contributed by atoms with E-state index in [0.29, 0.717) is 4.99 Å². The molecule has 0 bridgehead atoms. The highest BCUT2D eigenvalue weighted by atomic mass is 32.1. The van der Waals surface area contributed by atoms with E-state index in [4.69, 9.17) is 0 Å². The molecule has 1 aliphatic rings. The molecule has 1 rings (SSSR count). The maximum atomic E-state index is 9.79. The van der Waals surface area contributed by atoms with E-state index in [1.165, 1.54) is 0 Å². The van der Waals surface area contributed by atoms with Gasteiger partial charge in [0.15, 0.2) is 18.0 Å². The minimum absolute atomic E-state index is 0.125. The van der Waals surface area contributed by atoms with Crippen LogP contribution in [0.2, 0.25) is 0 Å². The summed E-state index contributed by atoms with van der Waals surface area (Å²) in [6.07, 6.45) is 2.31. The summed E-state index contributed by atoms with van der Waals surface area (Å²) in [4.78, 5) is 13.5. The van der Waals surface area contributed by atoms with E-state index in [2.05, 4.69) is 28.9 Å². The number of carbonyl (C=O) groups excluding carboxylic acids is 1. The Kier molecular flexibility index (Phi) is 1.20. The molecular formula is C4HN2OS. The summed E-state index contributed by atoms with van der Waals surface area (Å²) in [5, 5.41) is 2.44. The van der Waals surface area contributed by atoms with E-state index >= 15 is 0 Å². The van der Waals surface area contributed by atoms with Gasteiger partial charge in [-0.15, -0.1) is 0 Å². The fraction of sp³-hybridized carbons (Fsp3) is 0. The second kappa shape index (κ2) is 1.86. The normalized spacial score (nSPS) is 16.0. The van der Waals surface area contributed by atoms with Crippen LogP contribution in [0, 0.1) is 0 Å². The Hall–Kier alpha value is -0.990. The second-order valence-corrected chi connectivity index (χ2v) is 1.54. The minimum atomic E-state index is 0.125. The van der Waals surface area contributed by atoms with E-state index in [-0.39, 0.29) is 5.70 Å². The third-order valence-electron chi connectivity index (χ3n) is 0.649. The van der Waals surface area contributed by atoms with Gasteiger partial charge in [0.25, 0.3) is 0 Å². The Labute approximate surface area is 51.1 Å². The van der Waals surface area contributed by atoms with Crippen molar-refractivity contribution in [1.29, 1.82) is 0 Å². The SMILES string of the molecule is O=C=C1N=[C]NC1=S. The molecule has 8 heavy (non-hydrogen) atoms. The van der Waals surface area contributed by atoms with Crippen LogP contribution in [0.5, 0.6) is 0 Å². The van der Waals surface area contributed by atoms with E-state index in [1.54, 1.807) is 5.94 Å². The first-order valence-electron chi connectivity index (χ1n) is 1.86. The molecule has 0 aromatic carbocycles. The summed E-state index contributed by atoms with van der Waals surface area (Å²) >= 11 is 4.57. The van der Waals surface area contributed by atoms with Crippen LogP contribution in [0.25, 0.3) is 0 Å². The van der Waals surface area contributed by atoms with E-state index in [0.717, 1.165) is 0 Å². The first kappa shape index (κ1) is 5.15. The minimum Gasteiger partial charge on any atom is -0.326 e.